The largest absolute Gasteiger partial charge is 0.310 e. The van der Waals surface area contributed by atoms with E-state index in [2.05, 4.69) is 20.5 Å². The van der Waals surface area contributed by atoms with Crippen molar-refractivity contribution in [2.75, 3.05) is 5.32 Å². The highest BCUT2D eigenvalue weighted by Crippen LogP contribution is 2.15. The predicted octanol–water partition coefficient (Wildman–Crippen LogP) is 1.56. The lowest BCUT2D eigenvalue weighted by Crippen LogP contribution is -2.31. The molecule has 27 heavy (non-hydrogen) atoms. The number of anilines is 1. The van der Waals surface area contributed by atoms with Gasteiger partial charge in [0.1, 0.15) is 21.8 Å². The van der Waals surface area contributed by atoms with Gasteiger partial charge in [0.05, 0.1) is 10.9 Å². The Morgan fingerprint density at radius 1 is 1.33 bits per heavy atom. The summed E-state index contributed by atoms with van der Waals surface area (Å²) in [4.78, 5) is 30.1. The fourth-order valence-electron chi connectivity index (χ4n) is 2.88. The third-order valence-corrected chi connectivity index (χ3v) is 4.88. The fraction of sp³-hybridized carbons (Fsp3) is 0.176. The summed E-state index contributed by atoms with van der Waals surface area (Å²) in [6, 6.07) is 6.67. The van der Waals surface area contributed by atoms with Crippen LogP contribution < -0.4 is 16.4 Å². The molecule has 4 rings (SSSR count). The van der Waals surface area contributed by atoms with Crippen LogP contribution >= 0.6 is 11.3 Å². The fourth-order valence-corrected chi connectivity index (χ4v) is 3.47. The average Bonchev–Trinajstić information content (AvgIpc) is 3.06. The monoisotopic (exact) mass is 381 g/mol. The minimum atomic E-state index is -0.516. The van der Waals surface area contributed by atoms with Crippen molar-refractivity contribution in [3.63, 3.8) is 0 Å². The number of pyridine rings is 2. The van der Waals surface area contributed by atoms with Crippen LogP contribution in [0.25, 0.3) is 16.7 Å². The molecule has 4 aromatic heterocycles. The number of nitrogens with one attached hydrogen (secondary N) is 2. The molecule has 4 aromatic rings. The maximum Gasteiger partial charge on any atom is 0.267 e. The number of amides is 1. The van der Waals surface area contributed by atoms with E-state index in [1.165, 1.54) is 21.8 Å². The first-order valence-corrected chi connectivity index (χ1v) is 9.02. The SMILES string of the molecule is CCn1c(=N)c(C(=O)Nc2nnc(C)s2)cc2c(=O)n3ccccc3nc21. The molecule has 0 radical (unpaired) electrons. The molecule has 0 fully saturated rings. The molecule has 10 heteroatoms. The van der Waals surface area contributed by atoms with Crippen molar-refractivity contribution in [2.45, 2.75) is 20.4 Å². The van der Waals surface area contributed by atoms with Gasteiger partial charge in [-0.15, -0.1) is 10.2 Å². The lowest BCUT2D eigenvalue weighted by atomic mass is 10.2. The molecule has 0 aliphatic carbocycles. The zero-order chi connectivity index (χ0) is 19.1. The molecule has 2 N–H and O–H groups in total. The Morgan fingerprint density at radius 2 is 2.15 bits per heavy atom. The molecule has 0 saturated carbocycles. The number of hydrogen-bond acceptors (Lipinski definition) is 7. The van der Waals surface area contributed by atoms with Crippen LogP contribution in [0.15, 0.2) is 35.3 Å². The molecule has 0 bridgehead atoms. The van der Waals surface area contributed by atoms with E-state index in [9.17, 15) is 9.59 Å². The first-order valence-electron chi connectivity index (χ1n) is 8.20. The highest BCUT2D eigenvalue weighted by molar-refractivity contribution is 7.15. The molecule has 0 aliphatic rings. The highest BCUT2D eigenvalue weighted by Gasteiger charge is 2.18. The Labute approximate surface area is 156 Å². The maximum atomic E-state index is 12.9. The maximum absolute atomic E-state index is 12.9. The van der Waals surface area contributed by atoms with Crippen LogP contribution in [0.2, 0.25) is 0 Å². The van der Waals surface area contributed by atoms with E-state index in [0.29, 0.717) is 28.0 Å². The van der Waals surface area contributed by atoms with Crippen LogP contribution in [0.1, 0.15) is 22.3 Å². The van der Waals surface area contributed by atoms with Gasteiger partial charge in [-0.25, -0.2) is 4.98 Å². The molecule has 0 unspecified atom stereocenters. The number of hydrogen-bond donors (Lipinski definition) is 2. The van der Waals surface area contributed by atoms with Gasteiger partial charge in [0.25, 0.3) is 11.5 Å². The van der Waals surface area contributed by atoms with Crippen molar-refractivity contribution in [1.29, 1.82) is 5.41 Å². The van der Waals surface area contributed by atoms with Gasteiger partial charge in [0.2, 0.25) is 5.13 Å². The van der Waals surface area contributed by atoms with Crippen LogP contribution in [0, 0.1) is 12.3 Å². The van der Waals surface area contributed by atoms with Crippen molar-refractivity contribution < 1.29 is 4.79 Å². The summed E-state index contributed by atoms with van der Waals surface area (Å²) in [5.74, 6) is -0.516. The van der Waals surface area contributed by atoms with Crippen LogP contribution in [-0.4, -0.2) is 30.1 Å². The Morgan fingerprint density at radius 3 is 2.85 bits per heavy atom. The number of aryl methyl sites for hydroxylation is 2. The Bertz CT molecular complexity index is 1320. The zero-order valence-electron chi connectivity index (χ0n) is 14.6. The van der Waals surface area contributed by atoms with Crippen molar-refractivity contribution >= 4 is 39.1 Å². The molecule has 9 nitrogen and oxygen atoms in total. The third kappa shape index (κ3) is 2.79. The second-order valence-electron chi connectivity index (χ2n) is 5.81. The third-order valence-electron chi connectivity index (χ3n) is 4.13. The zero-order valence-corrected chi connectivity index (χ0v) is 15.4. The number of carbonyl (C=O) groups excluding carboxylic acids is 1. The Balaban J connectivity index is 1.96. The number of nitrogens with zero attached hydrogens (tertiary/aromatic N) is 5. The lowest BCUT2D eigenvalue weighted by Gasteiger charge is -2.12. The highest BCUT2D eigenvalue weighted by atomic mass is 32.1. The quantitative estimate of drug-likeness (QED) is 0.522. The van der Waals surface area contributed by atoms with Gasteiger partial charge in [-0.05, 0) is 32.0 Å². The molecule has 0 aliphatic heterocycles. The number of carbonyl (C=O) groups is 1. The van der Waals surface area contributed by atoms with Crippen molar-refractivity contribution in [3.8, 4) is 0 Å². The first-order chi connectivity index (χ1) is 13.0. The van der Waals surface area contributed by atoms with Crippen LogP contribution in [0.3, 0.4) is 0 Å². The number of fused-ring (bicyclic) bond motifs is 2. The lowest BCUT2D eigenvalue weighted by molar-refractivity contribution is 0.102. The van der Waals surface area contributed by atoms with Crippen LogP contribution in [0.4, 0.5) is 5.13 Å². The van der Waals surface area contributed by atoms with Gasteiger partial charge in [0.15, 0.2) is 0 Å². The van der Waals surface area contributed by atoms with E-state index >= 15 is 0 Å². The van der Waals surface area contributed by atoms with Gasteiger partial charge in [-0.3, -0.25) is 24.7 Å². The predicted molar refractivity (Wildman–Crippen MR) is 101 cm³/mol. The van der Waals surface area contributed by atoms with E-state index in [4.69, 9.17) is 5.41 Å². The minimum absolute atomic E-state index is 0.0177. The Hall–Kier alpha value is -3.40. The molecular formula is C17H15N7O2S. The first kappa shape index (κ1) is 17.0. The average molecular weight is 381 g/mol. The standard InChI is InChI=1S/C17H15N7O2S/c1-3-23-13(18)10(15(25)20-17-22-21-9(2)27-17)8-11-14(23)19-12-6-4-5-7-24(12)16(11)26/h4-8,18H,3H2,1-2H3,(H,20,22,25). The molecule has 136 valence electrons. The van der Waals surface area contributed by atoms with E-state index in [0.717, 1.165) is 0 Å². The molecule has 0 saturated heterocycles. The molecule has 0 spiro atoms. The van der Waals surface area contributed by atoms with Crippen molar-refractivity contribution in [1.82, 2.24) is 24.1 Å². The second kappa shape index (κ2) is 6.40. The summed E-state index contributed by atoms with van der Waals surface area (Å²) in [6.45, 7) is 4.01. The summed E-state index contributed by atoms with van der Waals surface area (Å²) in [5.41, 5.74) is 0.627. The van der Waals surface area contributed by atoms with E-state index < -0.39 is 5.91 Å². The van der Waals surface area contributed by atoms with Crippen LogP contribution in [-0.2, 0) is 6.54 Å². The molecule has 1 amide bonds. The van der Waals surface area contributed by atoms with Gasteiger partial charge >= 0.3 is 0 Å². The second-order valence-corrected chi connectivity index (χ2v) is 7.00. The molecule has 0 atom stereocenters. The summed E-state index contributed by atoms with van der Waals surface area (Å²) in [7, 11) is 0. The molecule has 0 aromatic carbocycles. The Kier molecular flexibility index (Phi) is 4.04. The molecular weight excluding hydrogens is 366 g/mol. The van der Waals surface area contributed by atoms with E-state index in [-0.39, 0.29) is 22.0 Å². The van der Waals surface area contributed by atoms with Gasteiger partial charge in [-0.1, -0.05) is 17.4 Å². The number of rotatable bonds is 3. The van der Waals surface area contributed by atoms with Gasteiger partial charge < -0.3 is 4.57 Å². The van der Waals surface area contributed by atoms with Gasteiger partial charge in [-0.2, -0.15) is 0 Å². The summed E-state index contributed by atoms with van der Waals surface area (Å²) in [5, 5.41) is 20.1. The van der Waals surface area contributed by atoms with E-state index in [1.807, 2.05) is 6.92 Å². The van der Waals surface area contributed by atoms with E-state index in [1.54, 1.807) is 35.9 Å². The summed E-state index contributed by atoms with van der Waals surface area (Å²) in [6.07, 6.45) is 1.62. The topological polar surface area (TPSA) is 118 Å². The molecule has 4 heterocycles. The summed E-state index contributed by atoms with van der Waals surface area (Å²) < 4.78 is 2.96. The normalized spacial score (nSPS) is 11.2. The number of aromatic nitrogens is 5. The van der Waals surface area contributed by atoms with Gasteiger partial charge in [0, 0.05) is 12.7 Å². The van der Waals surface area contributed by atoms with Crippen molar-refractivity contribution in [3.05, 3.63) is 56.9 Å². The van der Waals surface area contributed by atoms with Crippen molar-refractivity contribution in [2.24, 2.45) is 0 Å². The van der Waals surface area contributed by atoms with Crippen LogP contribution in [0.5, 0.6) is 0 Å². The summed E-state index contributed by atoms with van der Waals surface area (Å²) >= 11 is 1.23. The smallest absolute Gasteiger partial charge is 0.267 e. The minimum Gasteiger partial charge on any atom is -0.310 e.